The zero-order valence-corrected chi connectivity index (χ0v) is 13.4. The number of hydrogen-bond donors (Lipinski definition) is 1. The number of benzene rings is 3. The summed E-state index contributed by atoms with van der Waals surface area (Å²) in [7, 11) is 1.71. The molecule has 0 spiro atoms. The summed E-state index contributed by atoms with van der Waals surface area (Å²) in [4.78, 5) is 0. The predicted molar refractivity (Wildman–Crippen MR) is 92.0 cm³/mol. The molecule has 3 rings (SSSR count). The number of hydrogen-bond acceptors (Lipinski definition) is 2. The first-order valence-corrected chi connectivity index (χ1v) is 7.62. The molecular formula is C18H16BrNO. The quantitative estimate of drug-likeness (QED) is 0.702. The molecule has 0 unspecified atom stereocenters. The summed E-state index contributed by atoms with van der Waals surface area (Å²) in [6.45, 7) is 0.715. The van der Waals surface area contributed by atoms with Gasteiger partial charge in [0.05, 0.1) is 7.11 Å². The molecule has 106 valence electrons. The van der Waals surface area contributed by atoms with Crippen LogP contribution in [0.3, 0.4) is 0 Å². The van der Waals surface area contributed by atoms with Gasteiger partial charge in [0.2, 0.25) is 0 Å². The molecule has 0 heterocycles. The summed E-state index contributed by atoms with van der Waals surface area (Å²) < 4.78 is 6.58. The number of para-hydroxylation sites is 1. The Morgan fingerprint density at radius 1 is 0.952 bits per heavy atom. The van der Waals surface area contributed by atoms with Gasteiger partial charge in [-0.2, -0.15) is 0 Å². The lowest BCUT2D eigenvalue weighted by Gasteiger charge is -2.14. The molecule has 21 heavy (non-hydrogen) atoms. The van der Waals surface area contributed by atoms with Gasteiger partial charge in [-0.1, -0.05) is 42.5 Å². The maximum absolute atomic E-state index is 5.52. The Balaban J connectivity index is 1.97. The van der Waals surface area contributed by atoms with E-state index in [0.29, 0.717) is 6.54 Å². The third-order valence-corrected chi connectivity index (χ3v) is 4.24. The van der Waals surface area contributed by atoms with Crippen LogP contribution in [0.4, 0.5) is 5.69 Å². The molecular weight excluding hydrogens is 326 g/mol. The standard InChI is InChI=1S/C18H16BrNO/c1-21-18-11-10-13-6-2-3-7-14(13)15(18)12-20-17-9-5-4-8-16(17)19/h2-11,20H,12H2,1H3. The molecule has 0 atom stereocenters. The number of ether oxygens (including phenoxy) is 1. The van der Waals surface area contributed by atoms with Crippen molar-refractivity contribution in [1.82, 2.24) is 0 Å². The zero-order chi connectivity index (χ0) is 14.7. The highest BCUT2D eigenvalue weighted by atomic mass is 79.9. The fourth-order valence-electron chi connectivity index (χ4n) is 2.48. The second kappa shape index (κ2) is 6.19. The zero-order valence-electron chi connectivity index (χ0n) is 11.8. The van der Waals surface area contributed by atoms with E-state index < -0.39 is 0 Å². The van der Waals surface area contributed by atoms with Crippen molar-refractivity contribution in [3.63, 3.8) is 0 Å². The fraction of sp³-hybridized carbons (Fsp3) is 0.111. The average molecular weight is 342 g/mol. The maximum Gasteiger partial charge on any atom is 0.124 e. The molecule has 3 aromatic carbocycles. The number of fused-ring (bicyclic) bond motifs is 1. The highest BCUT2D eigenvalue weighted by Gasteiger charge is 2.08. The molecule has 0 saturated carbocycles. The lowest BCUT2D eigenvalue weighted by molar-refractivity contribution is 0.411. The Morgan fingerprint density at radius 2 is 1.71 bits per heavy atom. The Kier molecular flexibility index (Phi) is 4.11. The maximum atomic E-state index is 5.52. The van der Waals surface area contributed by atoms with Crippen molar-refractivity contribution in [3.05, 3.63) is 70.7 Å². The molecule has 0 radical (unpaired) electrons. The first-order valence-electron chi connectivity index (χ1n) is 6.82. The normalized spacial score (nSPS) is 10.6. The van der Waals surface area contributed by atoms with Gasteiger partial charge in [0.1, 0.15) is 5.75 Å². The van der Waals surface area contributed by atoms with Crippen molar-refractivity contribution in [2.24, 2.45) is 0 Å². The molecule has 2 nitrogen and oxygen atoms in total. The lowest BCUT2D eigenvalue weighted by Crippen LogP contribution is -2.03. The molecule has 0 aliphatic rings. The molecule has 0 bridgehead atoms. The summed E-state index contributed by atoms with van der Waals surface area (Å²) in [6, 6.07) is 20.6. The summed E-state index contributed by atoms with van der Waals surface area (Å²) in [5.74, 6) is 0.910. The van der Waals surface area contributed by atoms with Crippen LogP contribution in [-0.4, -0.2) is 7.11 Å². The first kappa shape index (κ1) is 14.0. The highest BCUT2D eigenvalue weighted by Crippen LogP contribution is 2.29. The van der Waals surface area contributed by atoms with E-state index in [-0.39, 0.29) is 0 Å². The van der Waals surface area contributed by atoms with Gasteiger partial charge in [-0.3, -0.25) is 0 Å². The van der Waals surface area contributed by atoms with E-state index in [1.165, 1.54) is 16.3 Å². The highest BCUT2D eigenvalue weighted by molar-refractivity contribution is 9.10. The Morgan fingerprint density at radius 3 is 2.52 bits per heavy atom. The van der Waals surface area contributed by atoms with Crippen molar-refractivity contribution < 1.29 is 4.74 Å². The van der Waals surface area contributed by atoms with Crippen molar-refractivity contribution in [2.45, 2.75) is 6.54 Å². The first-order chi connectivity index (χ1) is 10.3. The predicted octanol–water partition coefficient (Wildman–Crippen LogP) is 5.22. The minimum absolute atomic E-state index is 0.715. The number of methoxy groups -OCH3 is 1. The SMILES string of the molecule is COc1ccc2ccccc2c1CNc1ccccc1Br. The van der Waals surface area contributed by atoms with Crippen molar-refractivity contribution in [2.75, 3.05) is 12.4 Å². The molecule has 0 fully saturated rings. The van der Waals surface area contributed by atoms with Crippen LogP contribution in [0.2, 0.25) is 0 Å². The van der Waals surface area contributed by atoms with Gasteiger partial charge in [-0.05, 0) is 44.9 Å². The molecule has 3 heteroatoms. The Bertz CT molecular complexity index is 770. The largest absolute Gasteiger partial charge is 0.496 e. The van der Waals surface area contributed by atoms with Crippen LogP contribution in [0.1, 0.15) is 5.56 Å². The van der Waals surface area contributed by atoms with Crippen molar-refractivity contribution in [3.8, 4) is 5.75 Å². The van der Waals surface area contributed by atoms with E-state index in [0.717, 1.165) is 15.9 Å². The minimum Gasteiger partial charge on any atom is -0.496 e. The van der Waals surface area contributed by atoms with E-state index in [1.54, 1.807) is 7.11 Å². The van der Waals surface area contributed by atoms with E-state index in [2.05, 4.69) is 57.6 Å². The van der Waals surface area contributed by atoms with Crippen LogP contribution in [0.25, 0.3) is 10.8 Å². The summed E-state index contributed by atoms with van der Waals surface area (Å²) in [6.07, 6.45) is 0. The van der Waals surface area contributed by atoms with E-state index in [4.69, 9.17) is 4.74 Å². The van der Waals surface area contributed by atoms with Crippen molar-refractivity contribution in [1.29, 1.82) is 0 Å². The van der Waals surface area contributed by atoms with Crippen LogP contribution in [-0.2, 0) is 6.54 Å². The second-order valence-electron chi connectivity index (χ2n) is 4.80. The summed E-state index contributed by atoms with van der Waals surface area (Å²) in [5, 5.41) is 5.91. The van der Waals surface area contributed by atoms with Gasteiger partial charge in [-0.25, -0.2) is 0 Å². The molecule has 0 aromatic heterocycles. The van der Waals surface area contributed by atoms with Gasteiger partial charge in [0, 0.05) is 22.3 Å². The van der Waals surface area contributed by atoms with Crippen LogP contribution >= 0.6 is 15.9 Å². The number of rotatable bonds is 4. The molecule has 3 aromatic rings. The Hall–Kier alpha value is -2.00. The summed E-state index contributed by atoms with van der Waals surface area (Å²) in [5.41, 5.74) is 2.25. The van der Waals surface area contributed by atoms with Crippen LogP contribution in [0.5, 0.6) is 5.75 Å². The topological polar surface area (TPSA) is 21.3 Å². The van der Waals surface area contributed by atoms with Crippen LogP contribution < -0.4 is 10.1 Å². The van der Waals surface area contributed by atoms with Gasteiger partial charge < -0.3 is 10.1 Å². The monoisotopic (exact) mass is 341 g/mol. The molecule has 0 aliphatic heterocycles. The van der Waals surface area contributed by atoms with Crippen LogP contribution in [0.15, 0.2) is 65.1 Å². The van der Waals surface area contributed by atoms with E-state index in [1.807, 2.05) is 24.3 Å². The van der Waals surface area contributed by atoms with Gasteiger partial charge in [0.25, 0.3) is 0 Å². The van der Waals surface area contributed by atoms with Gasteiger partial charge in [-0.15, -0.1) is 0 Å². The van der Waals surface area contributed by atoms with E-state index >= 15 is 0 Å². The molecule has 1 N–H and O–H groups in total. The Labute approximate surface area is 132 Å². The van der Waals surface area contributed by atoms with Gasteiger partial charge in [0.15, 0.2) is 0 Å². The van der Waals surface area contributed by atoms with Gasteiger partial charge >= 0.3 is 0 Å². The average Bonchev–Trinajstić information content (AvgIpc) is 2.53. The fourth-order valence-corrected chi connectivity index (χ4v) is 2.90. The minimum atomic E-state index is 0.715. The molecule has 0 saturated heterocycles. The third-order valence-electron chi connectivity index (χ3n) is 3.55. The second-order valence-corrected chi connectivity index (χ2v) is 5.66. The third kappa shape index (κ3) is 2.88. The lowest BCUT2D eigenvalue weighted by atomic mass is 10.0. The van der Waals surface area contributed by atoms with Crippen LogP contribution in [0, 0.1) is 0 Å². The summed E-state index contributed by atoms with van der Waals surface area (Å²) >= 11 is 3.56. The number of halogens is 1. The van der Waals surface area contributed by atoms with E-state index in [9.17, 15) is 0 Å². The van der Waals surface area contributed by atoms with Crippen molar-refractivity contribution >= 4 is 32.4 Å². The number of nitrogens with one attached hydrogen (secondary N) is 1. The number of anilines is 1. The smallest absolute Gasteiger partial charge is 0.124 e. The molecule has 0 aliphatic carbocycles. The molecule has 0 amide bonds.